The SMILES string of the molecule is Cc1csc(NC(=O)CSC2NC(C34CC5CC(CC(C5)C3)C4)CCC2C#N)n1. The zero-order valence-corrected chi connectivity index (χ0v) is 18.7. The number of piperidine rings is 1. The minimum absolute atomic E-state index is 0.0138. The Labute approximate surface area is 181 Å². The molecule has 4 bridgehead atoms. The van der Waals surface area contributed by atoms with Gasteiger partial charge >= 0.3 is 0 Å². The molecule has 1 aromatic rings. The number of hydrogen-bond acceptors (Lipinski definition) is 6. The van der Waals surface area contributed by atoms with Crippen LogP contribution in [-0.4, -0.2) is 28.1 Å². The maximum Gasteiger partial charge on any atom is 0.236 e. The molecule has 4 aliphatic carbocycles. The zero-order chi connectivity index (χ0) is 20.0. The van der Waals surface area contributed by atoms with E-state index in [1.54, 1.807) is 11.8 Å². The van der Waals surface area contributed by atoms with E-state index in [2.05, 4.69) is 21.7 Å². The van der Waals surface area contributed by atoms with Crippen LogP contribution in [0.2, 0.25) is 0 Å². The molecule has 1 aromatic heterocycles. The van der Waals surface area contributed by atoms with Crippen molar-refractivity contribution in [2.45, 2.75) is 69.7 Å². The van der Waals surface area contributed by atoms with Crippen molar-refractivity contribution in [1.82, 2.24) is 10.3 Å². The van der Waals surface area contributed by atoms with Crippen LogP contribution >= 0.6 is 23.1 Å². The third kappa shape index (κ3) is 3.96. The van der Waals surface area contributed by atoms with Crippen molar-refractivity contribution in [3.8, 4) is 6.07 Å². The van der Waals surface area contributed by atoms with Gasteiger partial charge in [0.2, 0.25) is 5.91 Å². The van der Waals surface area contributed by atoms with Crippen molar-refractivity contribution >= 4 is 34.1 Å². The summed E-state index contributed by atoms with van der Waals surface area (Å²) in [5, 5.41) is 19.1. The van der Waals surface area contributed by atoms with Crippen molar-refractivity contribution in [3.63, 3.8) is 0 Å². The first-order valence-corrected chi connectivity index (χ1v) is 12.9. The van der Waals surface area contributed by atoms with E-state index in [0.717, 1.165) is 36.3 Å². The highest BCUT2D eigenvalue weighted by molar-refractivity contribution is 8.00. The maximum atomic E-state index is 12.4. The summed E-state index contributed by atoms with van der Waals surface area (Å²) < 4.78 is 0. The molecule has 1 saturated heterocycles. The molecule has 1 amide bonds. The zero-order valence-electron chi connectivity index (χ0n) is 17.0. The highest BCUT2D eigenvalue weighted by Gasteiger charge is 2.55. The number of rotatable bonds is 5. The predicted octanol–water partition coefficient (Wildman–Crippen LogP) is 4.56. The number of aromatic nitrogens is 1. The molecule has 3 atom stereocenters. The molecule has 4 saturated carbocycles. The fraction of sp³-hybridized carbons (Fsp3) is 0.773. The van der Waals surface area contributed by atoms with Crippen molar-refractivity contribution in [2.24, 2.45) is 29.1 Å². The second-order valence-electron chi connectivity index (χ2n) is 9.89. The fourth-order valence-electron chi connectivity index (χ4n) is 7.01. The van der Waals surface area contributed by atoms with E-state index in [9.17, 15) is 10.1 Å². The van der Waals surface area contributed by atoms with Gasteiger partial charge in [-0.2, -0.15) is 5.26 Å². The topological polar surface area (TPSA) is 77.8 Å². The molecular formula is C22H30N4OS2. The summed E-state index contributed by atoms with van der Waals surface area (Å²) in [7, 11) is 0. The number of anilines is 1. The Morgan fingerprint density at radius 2 is 2.00 bits per heavy atom. The van der Waals surface area contributed by atoms with Crippen LogP contribution in [0.25, 0.3) is 0 Å². The average molecular weight is 431 g/mol. The van der Waals surface area contributed by atoms with Crippen LogP contribution in [0.4, 0.5) is 5.13 Å². The molecule has 29 heavy (non-hydrogen) atoms. The fourth-order valence-corrected chi connectivity index (χ4v) is 8.81. The number of nitrogens with zero attached hydrogens (tertiary/aromatic N) is 2. The molecule has 2 N–H and O–H groups in total. The van der Waals surface area contributed by atoms with E-state index < -0.39 is 0 Å². The van der Waals surface area contributed by atoms with E-state index in [1.165, 1.54) is 49.9 Å². The third-order valence-electron chi connectivity index (χ3n) is 7.75. The molecule has 3 unspecified atom stereocenters. The summed E-state index contributed by atoms with van der Waals surface area (Å²) in [5.41, 5.74) is 1.38. The average Bonchev–Trinajstić information content (AvgIpc) is 3.09. The second kappa shape index (κ2) is 7.86. The van der Waals surface area contributed by atoms with E-state index in [4.69, 9.17) is 0 Å². The second-order valence-corrected chi connectivity index (χ2v) is 11.9. The largest absolute Gasteiger partial charge is 0.301 e. The van der Waals surface area contributed by atoms with Gasteiger partial charge in [-0.25, -0.2) is 4.98 Å². The van der Waals surface area contributed by atoms with Crippen LogP contribution in [0.5, 0.6) is 0 Å². The quantitative estimate of drug-likeness (QED) is 0.716. The van der Waals surface area contributed by atoms with Crippen molar-refractivity contribution in [2.75, 3.05) is 11.1 Å². The lowest BCUT2D eigenvalue weighted by molar-refractivity contribution is -0.113. The van der Waals surface area contributed by atoms with Crippen LogP contribution < -0.4 is 10.6 Å². The number of nitrogens with one attached hydrogen (secondary N) is 2. The van der Waals surface area contributed by atoms with Gasteiger partial charge in [0, 0.05) is 11.4 Å². The lowest BCUT2D eigenvalue weighted by atomic mass is 9.47. The molecular weight excluding hydrogens is 400 g/mol. The highest BCUT2D eigenvalue weighted by Crippen LogP contribution is 2.62. The Balaban J connectivity index is 1.22. The Kier molecular flexibility index (Phi) is 5.38. The first kappa shape index (κ1) is 19.8. The summed E-state index contributed by atoms with van der Waals surface area (Å²) in [5.74, 6) is 3.14. The van der Waals surface area contributed by atoms with Crippen LogP contribution in [0.3, 0.4) is 0 Å². The molecule has 0 radical (unpaired) electrons. The molecule has 7 heteroatoms. The molecule has 0 aromatic carbocycles. The molecule has 5 fully saturated rings. The van der Waals surface area contributed by atoms with Crippen LogP contribution in [-0.2, 0) is 4.79 Å². The Morgan fingerprint density at radius 3 is 2.59 bits per heavy atom. The number of carbonyl (C=O) groups excluding carboxylic acids is 1. The van der Waals surface area contributed by atoms with Crippen molar-refractivity contribution in [1.29, 1.82) is 5.26 Å². The lowest BCUT2D eigenvalue weighted by Gasteiger charge is -2.60. The minimum atomic E-state index is -0.0280. The summed E-state index contributed by atoms with van der Waals surface area (Å²) in [4.78, 5) is 16.7. The van der Waals surface area contributed by atoms with E-state index in [1.807, 2.05) is 12.3 Å². The number of aryl methyl sites for hydroxylation is 1. The third-order valence-corrected chi connectivity index (χ3v) is 9.88. The molecule has 5 nitrogen and oxygen atoms in total. The smallest absolute Gasteiger partial charge is 0.236 e. The number of hydrogen-bond donors (Lipinski definition) is 2. The monoisotopic (exact) mass is 430 g/mol. The van der Waals surface area contributed by atoms with Crippen molar-refractivity contribution in [3.05, 3.63) is 11.1 Å². The molecule has 5 aliphatic rings. The summed E-state index contributed by atoms with van der Waals surface area (Å²) in [6.07, 6.45) is 10.6. The number of nitriles is 1. The van der Waals surface area contributed by atoms with Gasteiger partial charge < -0.3 is 10.6 Å². The van der Waals surface area contributed by atoms with Gasteiger partial charge in [0.25, 0.3) is 0 Å². The minimum Gasteiger partial charge on any atom is -0.301 e. The molecule has 156 valence electrons. The van der Waals surface area contributed by atoms with Crippen LogP contribution in [0.1, 0.15) is 57.1 Å². The van der Waals surface area contributed by atoms with E-state index >= 15 is 0 Å². The van der Waals surface area contributed by atoms with E-state index in [-0.39, 0.29) is 17.2 Å². The predicted molar refractivity (Wildman–Crippen MR) is 118 cm³/mol. The maximum absolute atomic E-state index is 12.4. The van der Waals surface area contributed by atoms with Crippen LogP contribution in [0.15, 0.2) is 5.38 Å². The lowest BCUT2D eigenvalue weighted by Crippen LogP contribution is -2.60. The standard InChI is InChI=1S/C22H30N4OS2/c1-13-11-29-21(24-13)26-19(27)12-28-20-17(10-23)2-3-18(25-20)22-7-14-4-15(8-22)6-16(5-14)9-22/h11,14-18,20,25H,2-9,12H2,1H3,(H,24,26,27). The number of thiazole rings is 1. The molecule has 2 heterocycles. The van der Waals surface area contributed by atoms with Gasteiger partial charge in [-0.15, -0.1) is 23.1 Å². The summed E-state index contributed by atoms with van der Waals surface area (Å²) in [6, 6.07) is 3.02. The van der Waals surface area contributed by atoms with E-state index in [0.29, 0.717) is 22.3 Å². The molecule has 0 spiro atoms. The molecule has 6 rings (SSSR count). The van der Waals surface area contributed by atoms with Gasteiger partial charge in [0.15, 0.2) is 5.13 Å². The summed E-state index contributed by atoms with van der Waals surface area (Å²) in [6.45, 7) is 1.93. The van der Waals surface area contributed by atoms with Gasteiger partial charge in [-0.3, -0.25) is 4.79 Å². The van der Waals surface area contributed by atoms with Gasteiger partial charge in [-0.05, 0) is 81.5 Å². The normalized spacial score (nSPS) is 40.6. The molecule has 1 aliphatic heterocycles. The number of thioether (sulfide) groups is 1. The Morgan fingerprint density at radius 1 is 1.31 bits per heavy atom. The Bertz CT molecular complexity index is 781. The van der Waals surface area contributed by atoms with Gasteiger partial charge in [0.05, 0.1) is 28.8 Å². The van der Waals surface area contributed by atoms with Gasteiger partial charge in [-0.1, -0.05) is 0 Å². The van der Waals surface area contributed by atoms with Crippen LogP contribution in [0, 0.1) is 47.3 Å². The highest BCUT2D eigenvalue weighted by atomic mass is 32.2. The number of carbonyl (C=O) groups is 1. The van der Waals surface area contributed by atoms with Gasteiger partial charge in [0.1, 0.15) is 0 Å². The first-order valence-electron chi connectivity index (χ1n) is 11.0. The summed E-state index contributed by atoms with van der Waals surface area (Å²) >= 11 is 3.06. The number of amides is 1. The van der Waals surface area contributed by atoms with Crippen molar-refractivity contribution < 1.29 is 4.79 Å². The first-order chi connectivity index (χ1) is 14.0. The Hall–Kier alpha value is -1.10.